The molecule has 0 aromatic carbocycles. The van der Waals surface area contributed by atoms with Crippen LogP contribution in [0.2, 0.25) is 0 Å². The van der Waals surface area contributed by atoms with Crippen LogP contribution >= 0.6 is 0 Å². The minimum atomic E-state index is -0.650. The molecule has 7 heteroatoms. The van der Waals surface area contributed by atoms with Crippen molar-refractivity contribution in [3.05, 3.63) is 30.4 Å². The first-order valence-electron chi connectivity index (χ1n) is 4.14. The molecule has 0 saturated carbocycles. The van der Waals surface area contributed by atoms with Gasteiger partial charge in [-0.3, -0.25) is 14.8 Å². The number of anilines is 1. The van der Waals surface area contributed by atoms with Crippen molar-refractivity contribution in [2.75, 3.05) is 4.90 Å². The predicted octanol–water partition coefficient (Wildman–Crippen LogP) is -0.221. The molecule has 3 N–H and O–H groups in total. The number of primary amides is 1. The van der Waals surface area contributed by atoms with E-state index >= 15 is 0 Å². The van der Waals surface area contributed by atoms with Gasteiger partial charge in [-0.1, -0.05) is 0 Å². The lowest BCUT2D eigenvalue weighted by Gasteiger charge is -2.06. The Bertz CT molecular complexity index is 441. The number of nitrogens with zero attached hydrogens (tertiary/aromatic N) is 4. The van der Waals surface area contributed by atoms with E-state index in [0.29, 0.717) is 5.95 Å². The fourth-order valence-electron chi connectivity index (χ4n) is 0.988. The fraction of sp³-hybridized carbons (Fsp3) is 0. The van der Waals surface area contributed by atoms with E-state index in [-0.39, 0.29) is 5.82 Å². The minimum Gasteiger partial charge on any atom is -0.363 e. The van der Waals surface area contributed by atoms with E-state index in [4.69, 9.17) is 5.73 Å². The number of nitrogens with two attached hydrogens (primary N) is 1. The van der Waals surface area contributed by atoms with Gasteiger partial charge in [-0.05, 0) is 12.2 Å². The summed E-state index contributed by atoms with van der Waals surface area (Å²) < 4.78 is 0. The Morgan fingerprint density at radius 1 is 1.47 bits per heavy atom. The van der Waals surface area contributed by atoms with Crippen molar-refractivity contribution in [1.29, 1.82) is 0 Å². The lowest BCUT2D eigenvalue weighted by Crippen LogP contribution is -2.15. The van der Waals surface area contributed by atoms with Crippen molar-refractivity contribution in [3.8, 4) is 0 Å². The van der Waals surface area contributed by atoms with E-state index in [1.54, 1.807) is 29.5 Å². The van der Waals surface area contributed by atoms with Gasteiger partial charge in [-0.15, -0.1) is 5.10 Å². The highest BCUT2D eigenvalue weighted by Crippen LogP contribution is 2.06. The number of carbonyl (C=O) groups excluding carboxylic acids is 1. The van der Waals surface area contributed by atoms with Crippen LogP contribution in [0.4, 0.5) is 5.95 Å². The Kier molecular flexibility index (Phi) is 2.28. The lowest BCUT2D eigenvalue weighted by atomic mass is 10.5. The van der Waals surface area contributed by atoms with E-state index in [2.05, 4.69) is 20.2 Å². The second-order valence-electron chi connectivity index (χ2n) is 2.70. The van der Waals surface area contributed by atoms with Gasteiger partial charge < -0.3 is 5.73 Å². The first kappa shape index (κ1) is 9.13. The van der Waals surface area contributed by atoms with Gasteiger partial charge in [0.25, 0.3) is 11.9 Å². The monoisotopic (exact) mass is 204 g/mol. The van der Waals surface area contributed by atoms with E-state index < -0.39 is 5.91 Å². The van der Waals surface area contributed by atoms with Gasteiger partial charge in [0.1, 0.15) is 6.34 Å². The lowest BCUT2D eigenvalue weighted by molar-refractivity contribution is 0.0991. The Morgan fingerprint density at radius 3 is 3.07 bits per heavy atom. The van der Waals surface area contributed by atoms with Crippen molar-refractivity contribution in [3.63, 3.8) is 0 Å². The molecular formula is C8H8N6O. The summed E-state index contributed by atoms with van der Waals surface area (Å²) in [7, 11) is 0. The summed E-state index contributed by atoms with van der Waals surface area (Å²) in [6.07, 6.45) is 8.39. The van der Waals surface area contributed by atoms with E-state index in [1.165, 1.54) is 6.34 Å². The molecule has 1 aliphatic rings. The van der Waals surface area contributed by atoms with Crippen LogP contribution < -0.4 is 10.6 Å². The summed E-state index contributed by atoms with van der Waals surface area (Å²) in [5.41, 5.74) is 5.03. The summed E-state index contributed by atoms with van der Waals surface area (Å²) in [5, 5.41) is 6.25. The standard InChI is InChI=1S/C8H8N6O/c9-6(15)7-11-8(13-12-7)14-4-2-1-3-10-5-14/h1-5H,(H2,9,15)(H,11,12,13). The first-order chi connectivity index (χ1) is 7.27. The highest BCUT2D eigenvalue weighted by molar-refractivity contribution is 5.89. The van der Waals surface area contributed by atoms with Crippen LogP contribution in [0.3, 0.4) is 0 Å². The highest BCUT2D eigenvalue weighted by Gasteiger charge is 2.11. The predicted molar refractivity (Wildman–Crippen MR) is 54.2 cm³/mol. The molecule has 76 valence electrons. The molecule has 1 aromatic heterocycles. The summed E-state index contributed by atoms with van der Waals surface area (Å²) >= 11 is 0. The molecule has 2 rings (SSSR count). The zero-order chi connectivity index (χ0) is 10.7. The van der Waals surface area contributed by atoms with Crippen LogP contribution in [0, 0.1) is 0 Å². The molecule has 1 aromatic rings. The Labute approximate surface area is 85.0 Å². The second kappa shape index (κ2) is 3.74. The topological polar surface area (TPSA) is 100 Å². The van der Waals surface area contributed by atoms with Crippen LogP contribution in [-0.2, 0) is 0 Å². The van der Waals surface area contributed by atoms with Gasteiger partial charge in [-0.2, -0.15) is 4.98 Å². The molecule has 0 saturated heterocycles. The Morgan fingerprint density at radius 2 is 2.33 bits per heavy atom. The molecule has 0 radical (unpaired) electrons. The molecule has 2 heterocycles. The van der Waals surface area contributed by atoms with E-state index in [1.807, 2.05) is 0 Å². The average Bonchev–Trinajstić information content (AvgIpc) is 2.55. The van der Waals surface area contributed by atoms with Gasteiger partial charge in [-0.25, -0.2) is 4.99 Å². The number of rotatable bonds is 2. The summed E-state index contributed by atoms with van der Waals surface area (Å²) in [6, 6.07) is 0. The number of aromatic nitrogens is 3. The molecule has 0 fully saturated rings. The highest BCUT2D eigenvalue weighted by atomic mass is 16.1. The van der Waals surface area contributed by atoms with Gasteiger partial charge in [0.2, 0.25) is 5.82 Å². The van der Waals surface area contributed by atoms with Gasteiger partial charge in [0.15, 0.2) is 0 Å². The van der Waals surface area contributed by atoms with Crippen LogP contribution in [0.1, 0.15) is 10.6 Å². The molecule has 0 bridgehead atoms. The number of nitrogens with one attached hydrogen (secondary N) is 1. The molecule has 0 atom stereocenters. The number of H-pyrrole nitrogens is 1. The number of amides is 1. The molecule has 1 amide bonds. The van der Waals surface area contributed by atoms with E-state index in [9.17, 15) is 4.79 Å². The zero-order valence-corrected chi connectivity index (χ0v) is 7.66. The van der Waals surface area contributed by atoms with Crippen LogP contribution in [0.5, 0.6) is 0 Å². The molecule has 0 aliphatic carbocycles. The maximum atomic E-state index is 10.8. The normalized spacial score (nSPS) is 14.3. The first-order valence-corrected chi connectivity index (χ1v) is 4.14. The number of carbonyl (C=O) groups is 1. The summed E-state index contributed by atoms with van der Waals surface area (Å²) in [5.74, 6) is -0.320. The molecule has 0 unspecified atom stereocenters. The van der Waals surface area contributed by atoms with Gasteiger partial charge in [0, 0.05) is 12.4 Å². The summed E-state index contributed by atoms with van der Waals surface area (Å²) in [4.78, 5) is 20.1. The smallest absolute Gasteiger partial charge is 0.286 e. The van der Waals surface area contributed by atoms with Crippen LogP contribution in [0.15, 0.2) is 29.5 Å². The average molecular weight is 204 g/mol. The van der Waals surface area contributed by atoms with Crippen molar-refractivity contribution < 1.29 is 4.79 Å². The third-order valence-electron chi connectivity index (χ3n) is 1.66. The number of allylic oxidation sites excluding steroid dienone is 2. The van der Waals surface area contributed by atoms with E-state index in [0.717, 1.165) is 0 Å². The number of hydrogen-bond acceptors (Lipinski definition) is 5. The largest absolute Gasteiger partial charge is 0.363 e. The van der Waals surface area contributed by atoms with Gasteiger partial charge >= 0.3 is 0 Å². The summed E-state index contributed by atoms with van der Waals surface area (Å²) in [6.45, 7) is 0. The number of hydrogen-bond donors (Lipinski definition) is 2. The molecular weight excluding hydrogens is 196 g/mol. The number of aliphatic imine (C=N–C) groups is 1. The molecule has 7 nitrogen and oxygen atoms in total. The third-order valence-corrected chi connectivity index (χ3v) is 1.66. The van der Waals surface area contributed by atoms with Crippen molar-refractivity contribution in [2.24, 2.45) is 10.7 Å². The molecule has 15 heavy (non-hydrogen) atoms. The maximum absolute atomic E-state index is 10.8. The number of aromatic amines is 1. The third kappa shape index (κ3) is 1.90. The van der Waals surface area contributed by atoms with Crippen molar-refractivity contribution in [2.45, 2.75) is 0 Å². The minimum absolute atomic E-state index is 0.0176. The Hall–Kier alpha value is -2.44. The molecule has 0 spiro atoms. The van der Waals surface area contributed by atoms with Gasteiger partial charge in [0.05, 0.1) is 0 Å². The fourth-order valence-corrected chi connectivity index (χ4v) is 0.988. The maximum Gasteiger partial charge on any atom is 0.286 e. The Balaban J connectivity index is 2.26. The molecule has 1 aliphatic heterocycles. The SMILES string of the molecule is NC(=O)c1nc(N2C=CC=CN=C2)n[nH]1. The zero-order valence-electron chi connectivity index (χ0n) is 7.66. The quantitative estimate of drug-likeness (QED) is 0.695. The van der Waals surface area contributed by atoms with Crippen LogP contribution in [0.25, 0.3) is 0 Å². The second-order valence-corrected chi connectivity index (χ2v) is 2.70. The van der Waals surface area contributed by atoms with Crippen LogP contribution in [-0.4, -0.2) is 27.4 Å². The van der Waals surface area contributed by atoms with Crippen molar-refractivity contribution in [1.82, 2.24) is 15.2 Å². The van der Waals surface area contributed by atoms with Crippen molar-refractivity contribution >= 4 is 18.2 Å².